The van der Waals surface area contributed by atoms with Gasteiger partial charge in [0.15, 0.2) is 0 Å². The van der Waals surface area contributed by atoms with Gasteiger partial charge < -0.3 is 5.32 Å². The van der Waals surface area contributed by atoms with Crippen molar-refractivity contribution in [3.63, 3.8) is 0 Å². The van der Waals surface area contributed by atoms with E-state index in [1.54, 1.807) is 38.1 Å². The summed E-state index contributed by atoms with van der Waals surface area (Å²) in [6.45, 7) is 7.53. The van der Waals surface area contributed by atoms with Gasteiger partial charge in [0, 0.05) is 11.1 Å². The maximum absolute atomic E-state index is 12.8. The largest absolute Gasteiger partial charge is 0.351 e. The Kier molecular flexibility index (Phi) is 5.91. The van der Waals surface area contributed by atoms with Crippen LogP contribution < -0.4 is 5.32 Å². The average molecular weight is 374 g/mol. The Bertz CT molecular complexity index is 588. The number of carbonyl (C=O) groups excluding carboxylic acids is 1. The number of rotatable bonds is 4. The van der Waals surface area contributed by atoms with Crippen LogP contribution in [0.4, 0.5) is 0 Å². The van der Waals surface area contributed by atoms with E-state index < -0.39 is 15.3 Å². The lowest BCUT2D eigenvalue weighted by Crippen LogP contribution is -2.52. The molecule has 0 radical (unpaired) electrons. The van der Waals surface area contributed by atoms with Crippen LogP contribution in [0.3, 0.4) is 0 Å². The van der Waals surface area contributed by atoms with E-state index in [-0.39, 0.29) is 11.9 Å². The topological polar surface area (TPSA) is 69.6 Å². The maximum atomic E-state index is 12.8. The molecule has 3 unspecified atom stereocenters. The molecule has 1 saturated carbocycles. The Balaban J connectivity index is 2.18. The van der Waals surface area contributed by atoms with E-state index in [9.17, 15) is 13.9 Å². The molecule has 3 atom stereocenters. The first-order valence-electron chi connectivity index (χ1n) is 8.41. The van der Waals surface area contributed by atoms with E-state index in [1.165, 1.54) is 6.42 Å². The molecule has 3 N–H and O–H groups in total. The zero-order valence-electron chi connectivity index (χ0n) is 14.8. The van der Waals surface area contributed by atoms with Gasteiger partial charge in [0.05, 0.1) is 4.90 Å². The molecule has 0 heterocycles. The van der Waals surface area contributed by atoms with Gasteiger partial charge in [-0.1, -0.05) is 38.3 Å². The molecule has 0 aliphatic heterocycles. The molecular formula is C18H28ClNO3S. The molecule has 1 fully saturated rings. The molecule has 24 heavy (non-hydrogen) atoms. The van der Waals surface area contributed by atoms with Gasteiger partial charge in [-0.25, -0.2) is 0 Å². The number of benzene rings is 1. The lowest BCUT2D eigenvalue weighted by molar-refractivity contribution is -0.124. The summed E-state index contributed by atoms with van der Waals surface area (Å²) >= 11 is 5.86. The monoisotopic (exact) mass is 373 g/mol. The fourth-order valence-corrected chi connectivity index (χ4v) is 4.72. The van der Waals surface area contributed by atoms with Gasteiger partial charge in [-0.15, -0.1) is 0 Å². The summed E-state index contributed by atoms with van der Waals surface area (Å²) in [6, 6.07) is 6.42. The summed E-state index contributed by atoms with van der Waals surface area (Å²) in [6.07, 6.45) is 3.20. The Morgan fingerprint density at radius 1 is 1.21 bits per heavy atom. The van der Waals surface area contributed by atoms with Crippen molar-refractivity contribution in [3.05, 3.63) is 29.3 Å². The second-order valence-corrected chi connectivity index (χ2v) is 10.4. The quantitative estimate of drug-likeness (QED) is 0.681. The fraction of sp³-hybridized carbons (Fsp3) is 0.611. The zero-order valence-corrected chi connectivity index (χ0v) is 16.3. The van der Waals surface area contributed by atoms with Crippen molar-refractivity contribution in [2.45, 2.75) is 62.6 Å². The molecule has 4 nitrogen and oxygen atoms in total. The number of hydrogen-bond acceptors (Lipinski definition) is 3. The minimum Gasteiger partial charge on any atom is -0.351 e. The summed E-state index contributed by atoms with van der Waals surface area (Å²) in [5, 5.41) is 3.58. The minimum absolute atomic E-state index is 0.0842. The van der Waals surface area contributed by atoms with Crippen LogP contribution in [0.5, 0.6) is 0 Å². The summed E-state index contributed by atoms with van der Waals surface area (Å²) in [4.78, 5) is 13.2. The minimum atomic E-state index is -3.31. The Hall–Kier alpha value is -0.750. The lowest BCUT2D eigenvalue weighted by atomic mass is 9.78. The van der Waals surface area contributed by atoms with Crippen LogP contribution in [-0.2, 0) is 4.79 Å². The average Bonchev–Trinajstić information content (AvgIpc) is 2.52. The predicted octanol–water partition coefficient (Wildman–Crippen LogP) is 5.17. The van der Waals surface area contributed by atoms with Crippen LogP contribution in [-0.4, -0.2) is 25.8 Å². The highest BCUT2D eigenvalue weighted by Gasteiger charge is 2.44. The van der Waals surface area contributed by atoms with Gasteiger partial charge in [0.2, 0.25) is 5.91 Å². The third-order valence-corrected chi connectivity index (χ3v) is 8.21. The van der Waals surface area contributed by atoms with Gasteiger partial charge in [-0.3, -0.25) is 13.9 Å². The zero-order chi connectivity index (χ0) is 18.1. The van der Waals surface area contributed by atoms with Crippen LogP contribution in [0.25, 0.3) is 0 Å². The van der Waals surface area contributed by atoms with Gasteiger partial charge in [-0.05, 0) is 56.4 Å². The molecule has 1 aliphatic carbocycles. The van der Waals surface area contributed by atoms with Gasteiger partial charge in [-0.2, -0.15) is 10.6 Å². The van der Waals surface area contributed by atoms with E-state index >= 15 is 0 Å². The predicted molar refractivity (Wildman–Crippen MR) is 101 cm³/mol. The van der Waals surface area contributed by atoms with Crippen molar-refractivity contribution >= 4 is 28.1 Å². The van der Waals surface area contributed by atoms with E-state index in [1.807, 2.05) is 0 Å². The molecule has 1 amide bonds. The molecule has 0 aromatic heterocycles. The Morgan fingerprint density at radius 3 is 2.38 bits per heavy atom. The third kappa shape index (κ3) is 3.74. The van der Waals surface area contributed by atoms with Crippen molar-refractivity contribution in [3.8, 4) is 0 Å². The van der Waals surface area contributed by atoms with Gasteiger partial charge >= 0.3 is 0 Å². The first kappa shape index (κ1) is 19.6. The molecule has 136 valence electrons. The highest BCUT2D eigenvalue weighted by Crippen LogP contribution is 2.59. The van der Waals surface area contributed by atoms with E-state index in [0.29, 0.717) is 21.8 Å². The number of carbonyl (C=O) groups is 1. The van der Waals surface area contributed by atoms with Crippen LogP contribution in [0.1, 0.15) is 47.0 Å². The summed E-state index contributed by atoms with van der Waals surface area (Å²) in [5.41, 5.74) is 0. The summed E-state index contributed by atoms with van der Waals surface area (Å²) in [5.74, 6) is 0.628. The maximum Gasteiger partial charge on any atom is 0.245 e. The van der Waals surface area contributed by atoms with Gasteiger partial charge in [0.1, 0.15) is 4.75 Å². The van der Waals surface area contributed by atoms with Crippen molar-refractivity contribution < 1.29 is 13.9 Å². The molecule has 0 saturated heterocycles. The van der Waals surface area contributed by atoms with Crippen LogP contribution in [0.15, 0.2) is 29.2 Å². The van der Waals surface area contributed by atoms with Crippen LogP contribution >= 0.6 is 22.2 Å². The summed E-state index contributed by atoms with van der Waals surface area (Å²) in [7, 11) is -3.31. The molecule has 1 aromatic rings. The van der Waals surface area contributed by atoms with Crippen molar-refractivity contribution in [2.75, 3.05) is 0 Å². The first-order valence-corrected chi connectivity index (χ1v) is 10.3. The smallest absolute Gasteiger partial charge is 0.245 e. The third-order valence-electron chi connectivity index (χ3n) is 5.42. The first-order chi connectivity index (χ1) is 11.1. The molecule has 6 heteroatoms. The number of hydrogen-bond donors (Lipinski definition) is 3. The van der Waals surface area contributed by atoms with Crippen molar-refractivity contribution in [1.29, 1.82) is 0 Å². The van der Waals surface area contributed by atoms with E-state index in [2.05, 4.69) is 19.2 Å². The standard InChI is InChI=1S/C18H28ClNO3S/c1-12-6-5-7-16(13(12)2)20-17(21)18(3,4)24(22,23)15-10-8-14(19)9-11-15/h8-13,16,22-23H,5-7H2,1-4H3,(H,20,21). The molecule has 0 bridgehead atoms. The highest BCUT2D eigenvalue weighted by molar-refractivity contribution is 8.26. The van der Waals surface area contributed by atoms with Crippen molar-refractivity contribution in [1.82, 2.24) is 5.32 Å². The second kappa shape index (κ2) is 7.24. The SMILES string of the molecule is CC1CCCC(NC(=O)C(C)(C)S(O)(O)c2ccc(Cl)cc2)C1C. The van der Waals surface area contributed by atoms with Crippen molar-refractivity contribution in [2.24, 2.45) is 11.8 Å². The lowest BCUT2D eigenvalue weighted by Gasteiger charge is -2.46. The molecule has 1 aliphatic rings. The Labute approximate surface area is 151 Å². The summed E-state index contributed by atoms with van der Waals surface area (Å²) < 4.78 is 20.2. The Morgan fingerprint density at radius 2 is 1.79 bits per heavy atom. The molecular weight excluding hydrogens is 346 g/mol. The van der Waals surface area contributed by atoms with Crippen LogP contribution in [0.2, 0.25) is 5.02 Å². The fourth-order valence-electron chi connectivity index (χ4n) is 3.18. The number of halogens is 1. The molecule has 0 spiro atoms. The van der Waals surface area contributed by atoms with Crippen LogP contribution in [0, 0.1) is 11.8 Å². The molecule has 2 rings (SSSR count). The number of nitrogens with one attached hydrogen (secondary N) is 1. The van der Waals surface area contributed by atoms with E-state index in [4.69, 9.17) is 11.6 Å². The molecule has 1 aromatic carbocycles. The second-order valence-electron chi connectivity index (χ2n) is 7.36. The highest BCUT2D eigenvalue weighted by atomic mass is 35.5. The van der Waals surface area contributed by atoms with E-state index in [0.717, 1.165) is 12.8 Å². The van der Waals surface area contributed by atoms with Gasteiger partial charge in [0.25, 0.3) is 0 Å². The normalized spacial score (nSPS) is 26.0. The number of amides is 1.